The van der Waals surface area contributed by atoms with Gasteiger partial charge in [-0.15, -0.1) is 0 Å². The number of aliphatic hydroxyl groups excluding tert-OH is 2. The second-order valence-electron chi connectivity index (χ2n) is 28.7. The molecule has 4 aliphatic heterocycles. The van der Waals surface area contributed by atoms with E-state index >= 15 is 0 Å². The third-order valence-corrected chi connectivity index (χ3v) is 23.4. The Kier molecular flexibility index (Phi) is 39.2. The molecular formula is C76H101N9O40P4. The number of benzene rings is 3. The predicted octanol–water partition coefficient (Wildman–Crippen LogP) is 2.24. The fourth-order valence-corrected chi connectivity index (χ4v) is 16.4. The van der Waals surface area contributed by atoms with E-state index in [0.29, 0.717) is 42.2 Å². The number of nitrogens with two attached hydrogens (primary N) is 1. The highest BCUT2D eigenvalue weighted by molar-refractivity contribution is 7.48. The molecule has 2 aromatic carbocycles. The first-order valence-corrected chi connectivity index (χ1v) is 46.3. The van der Waals surface area contributed by atoms with E-state index in [1.807, 2.05) is 0 Å². The minimum absolute atomic E-state index is 0.0132. The number of phosphoric acid groups is 4. The number of nitrogen functional groups attached to an aromatic ring is 1. The third kappa shape index (κ3) is 31.9. The summed E-state index contributed by atoms with van der Waals surface area (Å²) >= 11 is 0. The zero-order chi connectivity index (χ0) is 92.8. The van der Waals surface area contributed by atoms with Gasteiger partial charge in [-0.1, -0.05) is 12.8 Å². The predicted molar refractivity (Wildman–Crippen MR) is 445 cm³/mol. The summed E-state index contributed by atoms with van der Waals surface area (Å²) in [6.45, 7) is -2.17. The van der Waals surface area contributed by atoms with Gasteiger partial charge in [-0.25, -0.2) is 37.4 Å². The Labute approximate surface area is 731 Å². The van der Waals surface area contributed by atoms with E-state index in [2.05, 4.69) is 25.6 Å². The lowest BCUT2D eigenvalue weighted by Gasteiger charge is -2.22. The van der Waals surface area contributed by atoms with Gasteiger partial charge in [0.1, 0.15) is 72.1 Å². The fraction of sp³-hybridized carbons (Fsp3) is 0.526. The van der Waals surface area contributed by atoms with Crippen molar-refractivity contribution in [3.63, 3.8) is 0 Å². The number of unbranched alkanes of at least 4 members (excludes halogenated alkanes) is 3. The van der Waals surface area contributed by atoms with Gasteiger partial charge in [0.25, 0.3) is 17.0 Å². The van der Waals surface area contributed by atoms with Gasteiger partial charge in [-0.05, 0) is 79.9 Å². The molecular weight excluding hydrogens is 1800 g/mol. The van der Waals surface area contributed by atoms with Crippen molar-refractivity contribution in [3.8, 4) is 28.2 Å². The van der Waals surface area contributed by atoms with Crippen molar-refractivity contribution < 1.29 is 161 Å². The molecule has 7 heterocycles. The number of hydrogen-bond donors (Lipinski definition) is 13. The van der Waals surface area contributed by atoms with Crippen molar-refractivity contribution in [2.24, 2.45) is 0 Å². The first-order valence-electron chi connectivity index (χ1n) is 40.3. The molecule has 5 aromatic rings. The maximum Gasteiger partial charge on any atom is 0.472 e. The zero-order valence-electron chi connectivity index (χ0n) is 69.4. The highest BCUT2D eigenvalue weighted by atomic mass is 31.2. The van der Waals surface area contributed by atoms with E-state index in [0.717, 1.165) is 32.1 Å². The van der Waals surface area contributed by atoms with E-state index < -0.39 is 179 Å². The Bertz CT molecular complexity index is 5490. The largest absolute Gasteiger partial charge is 0.508 e. The Morgan fingerprint density at radius 3 is 1.60 bits per heavy atom. The van der Waals surface area contributed by atoms with Gasteiger partial charge < -0.3 is 108 Å². The Morgan fingerprint density at radius 2 is 1.05 bits per heavy atom. The van der Waals surface area contributed by atoms with Crippen LogP contribution in [0.25, 0.3) is 39.5 Å². The lowest BCUT2D eigenvalue weighted by Crippen LogP contribution is -2.33. The summed E-state index contributed by atoms with van der Waals surface area (Å²) in [6, 6.07) is 13.8. The van der Waals surface area contributed by atoms with E-state index in [9.17, 15) is 101 Å². The number of amides is 2. The number of anilines is 1. The molecule has 4 unspecified atom stereocenters. The van der Waals surface area contributed by atoms with Crippen molar-refractivity contribution >= 4 is 71.9 Å². The number of phenols is 1. The molecule has 1 aliphatic carbocycles. The first kappa shape index (κ1) is 102. The number of phenolic OH excluding ortho intramolecular Hbond substituents is 1. The van der Waals surface area contributed by atoms with Crippen LogP contribution in [-0.2, 0) is 107 Å². The molecule has 13 atom stereocenters. The number of rotatable bonds is 57. The number of H-pyrrole nitrogens is 2. The van der Waals surface area contributed by atoms with Gasteiger partial charge in [0.15, 0.2) is 5.43 Å². The number of nitrogens with zero attached hydrogens (tertiary/aromatic N) is 4. The average Bonchev–Trinajstić information content (AvgIpc) is 1.73. The number of carboxylic acids is 1. The normalized spacial score (nSPS) is 20.7. The van der Waals surface area contributed by atoms with E-state index in [4.69, 9.17) is 93.7 Å². The number of nitrogens with one attached hydrogen (secondary N) is 4. The van der Waals surface area contributed by atoms with Crippen LogP contribution in [0, 0.1) is 6.92 Å². The van der Waals surface area contributed by atoms with E-state index in [1.54, 1.807) is 6.07 Å². The average molecular weight is 1900 g/mol. The maximum atomic E-state index is 13.5. The molecule has 53 heteroatoms. The highest BCUT2D eigenvalue weighted by Gasteiger charge is 2.45. The lowest BCUT2D eigenvalue weighted by molar-refractivity contribution is -0.116. The van der Waals surface area contributed by atoms with Crippen LogP contribution in [0.5, 0.6) is 5.75 Å². The number of fused-ring (bicyclic) bond motifs is 2. The lowest BCUT2D eigenvalue weighted by atomic mass is 9.89. The Balaban J connectivity index is 0.619. The maximum absolute atomic E-state index is 13.5. The molecule has 710 valence electrons. The van der Waals surface area contributed by atoms with Gasteiger partial charge in [0.05, 0.1) is 156 Å². The summed E-state index contributed by atoms with van der Waals surface area (Å²) in [6.07, 6.45) is -3.69. The number of aromatic nitrogens is 6. The van der Waals surface area contributed by atoms with Crippen LogP contribution in [0.2, 0.25) is 0 Å². The minimum atomic E-state index is -5.11. The Hall–Kier alpha value is -8.92. The molecule has 0 bridgehead atoms. The Morgan fingerprint density at radius 1 is 0.558 bits per heavy atom. The van der Waals surface area contributed by atoms with Crippen LogP contribution in [0.3, 0.4) is 0 Å². The van der Waals surface area contributed by atoms with Gasteiger partial charge in [0, 0.05) is 96.8 Å². The van der Waals surface area contributed by atoms with Crippen molar-refractivity contribution in [2.75, 3.05) is 158 Å². The van der Waals surface area contributed by atoms with Crippen LogP contribution < -0.4 is 50.0 Å². The standard InChI is InChI=1S/C76H101N9O40P4/c1-47-42-84(75(97)81-70(47)91)67-40-59(61(44-86)121-67)124-128(103,104)116-34-30-112-25-23-109-21-19-107-18-20-108-22-24-110-29-33-115-127(101,102)119-46-63-60(125-129(105,106)117-35-31-113-27-26-111-28-32-114-126(99,100)118-45-62-56(89)39-66(122-62)83-17-14-64(77)80-74(83)96)41-68(123-63)85-43-49(72(93)82-76(85)98)7-13-65(90)78-15-4-2-3-5-16-79-71(92)48-6-10-52(73(94)95)55(36-48)69-53-11-8-50(87)37-57(53)120-58-38-51(88)9-12-54(58)69/h6-14,17,36-38,42-43,56,59-63,66-68,86-87,89H,2-5,15-16,18-35,39-41,44-46H2,1H3,(H,78,90)(H,79,92)(H,94,95)(H,99,100)(H,101,102)(H,103,104)(H,105,106)(H2,77,80,96)(H,81,91,97)(H,82,93,98)/b13-7+/t56-,59-,60-,61-,62-,63-,66-,67-,68-/m1/s1. The molecule has 0 radical (unpaired) electrons. The van der Waals surface area contributed by atoms with Crippen molar-refractivity contribution in [3.05, 3.63) is 170 Å². The number of aromatic amines is 2. The number of aryl methyl sites for hydroxylation is 1. The molecule has 3 saturated heterocycles. The number of phosphoric ester groups is 4. The summed E-state index contributed by atoms with van der Waals surface area (Å²) in [5.41, 5.74) is 2.17. The highest BCUT2D eigenvalue weighted by Crippen LogP contribution is 2.52. The first-order chi connectivity index (χ1) is 61.6. The molecule has 49 nitrogen and oxygen atoms in total. The summed E-state index contributed by atoms with van der Waals surface area (Å²) in [5.74, 6) is -2.43. The number of carbonyl (C=O) groups excluding carboxylic acids is 2. The van der Waals surface area contributed by atoms with Crippen molar-refractivity contribution in [1.29, 1.82) is 0 Å². The second kappa shape index (κ2) is 49.5. The zero-order valence-corrected chi connectivity index (χ0v) is 72.9. The van der Waals surface area contributed by atoms with Crippen molar-refractivity contribution in [1.82, 2.24) is 39.3 Å². The molecule has 3 fully saturated rings. The summed E-state index contributed by atoms with van der Waals surface area (Å²) in [5, 5.41) is 46.6. The monoisotopic (exact) mass is 1900 g/mol. The SMILES string of the molecule is Cc1cn([C@H]2C[C@@H](OP(=O)(O)OCCOCCOCCOCCOCCOCCOP(=O)(O)OC[C@H]3O[C@@H](n4cc(/C=C/C(=O)NCCCCCCNC(=O)c5ccc(C(=O)O)c(-c6c7ccc(=O)cc-7oc7cc(O)ccc67)c5)c(=O)[nH]c4=O)C[C@H]3OP(=O)(O)OCCOCCOCCOP(=O)(O)OC[C@H]3O[C@@H](n4ccc(N)nc4=O)C[C@H]3O)[C@@H](CO)O2)c(=O)[nH]c1=O. The number of ether oxygens (including phenoxy) is 10. The van der Waals surface area contributed by atoms with Crippen LogP contribution in [0.1, 0.15) is 95.5 Å². The number of carbonyl (C=O) groups is 3. The molecule has 129 heavy (non-hydrogen) atoms. The van der Waals surface area contributed by atoms with Crippen LogP contribution in [-0.4, -0.2) is 275 Å². The number of hydrogen-bond acceptors (Lipinski definition) is 37. The molecule has 3 aromatic heterocycles. The third-order valence-electron chi connectivity index (χ3n) is 19.4. The molecule has 14 N–H and O–H groups in total. The van der Waals surface area contributed by atoms with Gasteiger partial charge in [0.2, 0.25) is 5.91 Å². The fourth-order valence-electron chi connectivity index (χ4n) is 13.1. The van der Waals surface area contributed by atoms with Crippen LogP contribution >= 0.6 is 31.3 Å². The van der Waals surface area contributed by atoms with E-state index in [-0.39, 0.29) is 181 Å². The number of aromatic carboxylic acids is 1. The van der Waals surface area contributed by atoms with Crippen LogP contribution in [0.15, 0.2) is 119 Å². The number of aliphatic hydroxyl groups is 2. The summed E-state index contributed by atoms with van der Waals surface area (Å²) in [4.78, 5) is 164. The van der Waals surface area contributed by atoms with Gasteiger partial charge in [-0.3, -0.25) is 83.8 Å². The smallest absolute Gasteiger partial charge is 0.472 e. The molecule has 10 rings (SSSR count). The molecule has 5 aliphatic rings. The van der Waals surface area contributed by atoms with Gasteiger partial charge in [-0.2, -0.15) is 4.98 Å². The van der Waals surface area contributed by atoms with Crippen molar-refractivity contribution in [2.45, 2.75) is 107 Å². The van der Waals surface area contributed by atoms with Gasteiger partial charge >= 0.3 is 54.3 Å². The number of aromatic hydroxyl groups is 1. The molecule has 0 spiro atoms. The number of carboxylic acid groups (broad SMARTS) is 1. The molecule has 0 saturated carbocycles. The molecule has 2 amide bonds. The quantitative estimate of drug-likeness (QED) is 0.0112. The minimum Gasteiger partial charge on any atom is -0.508 e. The van der Waals surface area contributed by atoms with Crippen LogP contribution in [0.4, 0.5) is 5.82 Å². The topological polar surface area (TPSA) is 672 Å². The summed E-state index contributed by atoms with van der Waals surface area (Å²) < 4.78 is 157. The summed E-state index contributed by atoms with van der Waals surface area (Å²) in [7, 11) is -19.4. The van der Waals surface area contributed by atoms with E-state index in [1.165, 1.54) is 73.9 Å². The second-order valence-corrected chi connectivity index (χ2v) is 34.4.